The highest BCUT2D eigenvalue weighted by Gasteiger charge is 2.13. The van der Waals surface area contributed by atoms with E-state index in [4.69, 9.17) is 16.3 Å². The summed E-state index contributed by atoms with van der Waals surface area (Å²) < 4.78 is 21.6. The third-order valence-electron chi connectivity index (χ3n) is 2.85. The molecule has 3 nitrogen and oxygen atoms in total. The van der Waals surface area contributed by atoms with E-state index in [1.165, 1.54) is 6.07 Å². The minimum Gasteiger partial charge on any atom is -0.380 e. The van der Waals surface area contributed by atoms with E-state index in [1.54, 1.807) is 6.07 Å². The maximum Gasteiger partial charge on any atom is 0.138 e. The van der Waals surface area contributed by atoms with Gasteiger partial charge in [-0.3, -0.25) is 0 Å². The fourth-order valence-electron chi connectivity index (χ4n) is 2.00. The predicted octanol–water partition coefficient (Wildman–Crippen LogP) is 3.60. The van der Waals surface area contributed by atoms with Gasteiger partial charge in [0.25, 0.3) is 0 Å². The van der Waals surface area contributed by atoms with Crippen molar-refractivity contribution in [3.63, 3.8) is 0 Å². The molecule has 0 fully saturated rings. The van der Waals surface area contributed by atoms with E-state index in [-0.39, 0.29) is 5.82 Å². The van der Waals surface area contributed by atoms with Crippen LogP contribution in [0.4, 0.5) is 4.39 Å². The molecule has 6 heteroatoms. The molecule has 0 aliphatic heterocycles. The Morgan fingerprint density at radius 2 is 2.26 bits per heavy atom. The number of aromatic nitrogens is 2. The first kappa shape index (κ1) is 15.0. The molecular formula is C13H15ClFIN2O. The number of fused-ring (bicyclic) bond motifs is 1. The topological polar surface area (TPSA) is 27.1 Å². The summed E-state index contributed by atoms with van der Waals surface area (Å²) in [5.41, 5.74) is 1.61. The molecule has 0 bridgehead atoms. The molecule has 0 amide bonds. The molecule has 2 rings (SSSR count). The van der Waals surface area contributed by atoms with Gasteiger partial charge in [-0.25, -0.2) is 9.37 Å². The fourth-order valence-corrected chi connectivity index (χ4v) is 2.61. The molecule has 0 saturated carbocycles. The normalized spacial score (nSPS) is 11.4. The lowest BCUT2D eigenvalue weighted by molar-refractivity contribution is 0.139. The lowest BCUT2D eigenvalue weighted by Gasteiger charge is -2.08. The van der Waals surface area contributed by atoms with Crippen molar-refractivity contribution in [2.75, 3.05) is 19.1 Å². The van der Waals surface area contributed by atoms with Gasteiger partial charge < -0.3 is 9.30 Å². The van der Waals surface area contributed by atoms with E-state index in [9.17, 15) is 4.39 Å². The number of benzene rings is 1. The largest absolute Gasteiger partial charge is 0.380 e. The van der Waals surface area contributed by atoms with Crippen LogP contribution in [0.3, 0.4) is 0 Å². The smallest absolute Gasteiger partial charge is 0.138 e. The summed E-state index contributed by atoms with van der Waals surface area (Å²) in [6, 6.07) is 3.30. The maximum absolute atomic E-state index is 13.7. The summed E-state index contributed by atoms with van der Waals surface area (Å²) in [6.07, 6.45) is 0.667. The molecule has 0 saturated heterocycles. The second kappa shape index (κ2) is 6.85. The zero-order chi connectivity index (χ0) is 13.8. The van der Waals surface area contributed by atoms with Crippen molar-refractivity contribution in [3.05, 3.63) is 27.3 Å². The van der Waals surface area contributed by atoms with E-state index < -0.39 is 0 Å². The molecule has 2 aromatic rings. The number of halogens is 3. The molecule has 1 aromatic heterocycles. The number of hydrogen-bond acceptors (Lipinski definition) is 2. The summed E-state index contributed by atoms with van der Waals surface area (Å²) in [6.45, 7) is 3.87. The molecule has 0 aliphatic rings. The first-order valence-corrected chi connectivity index (χ1v) is 7.76. The second-order valence-electron chi connectivity index (χ2n) is 4.07. The molecule has 0 radical (unpaired) electrons. The van der Waals surface area contributed by atoms with Gasteiger partial charge in [0.1, 0.15) is 11.6 Å². The number of imidazole rings is 1. The average Bonchev–Trinajstić information content (AvgIpc) is 2.69. The van der Waals surface area contributed by atoms with E-state index in [0.29, 0.717) is 35.6 Å². The molecule has 0 N–H and O–H groups in total. The van der Waals surface area contributed by atoms with Gasteiger partial charge in [-0.05, 0) is 35.6 Å². The molecule has 1 heterocycles. The number of nitrogens with zero attached hydrogens (tertiary/aromatic N) is 2. The van der Waals surface area contributed by atoms with Crippen molar-refractivity contribution in [1.82, 2.24) is 9.55 Å². The molecule has 0 unspecified atom stereocenters. The number of hydrogen-bond donors (Lipinski definition) is 0. The van der Waals surface area contributed by atoms with Gasteiger partial charge >= 0.3 is 0 Å². The van der Waals surface area contributed by atoms with Gasteiger partial charge in [0, 0.05) is 31.5 Å². The molecule has 1 aromatic carbocycles. The minimum atomic E-state index is -0.219. The van der Waals surface area contributed by atoms with Crippen LogP contribution < -0.4 is 0 Å². The Hall–Kier alpha value is -0.400. The highest BCUT2D eigenvalue weighted by molar-refractivity contribution is 14.1. The third-order valence-corrected chi connectivity index (χ3v) is 3.87. The Labute approximate surface area is 130 Å². The van der Waals surface area contributed by atoms with Gasteiger partial charge in [0.05, 0.1) is 21.2 Å². The van der Waals surface area contributed by atoms with Crippen LogP contribution in [0, 0.1) is 9.39 Å². The van der Waals surface area contributed by atoms with E-state index in [2.05, 4.69) is 4.98 Å². The van der Waals surface area contributed by atoms with Crippen LogP contribution in [0.25, 0.3) is 11.0 Å². The Bertz CT molecular complexity index is 573. The van der Waals surface area contributed by atoms with Gasteiger partial charge in [-0.15, -0.1) is 11.6 Å². The lowest BCUT2D eigenvalue weighted by Crippen LogP contribution is -2.10. The van der Waals surface area contributed by atoms with E-state index >= 15 is 0 Å². The van der Waals surface area contributed by atoms with Crippen molar-refractivity contribution in [2.45, 2.75) is 19.9 Å². The van der Waals surface area contributed by atoms with Crippen molar-refractivity contribution < 1.29 is 9.13 Å². The minimum absolute atomic E-state index is 0.219. The first-order valence-electron chi connectivity index (χ1n) is 6.15. The Morgan fingerprint density at radius 3 is 2.95 bits per heavy atom. The van der Waals surface area contributed by atoms with Crippen LogP contribution in [0.5, 0.6) is 0 Å². The zero-order valence-electron chi connectivity index (χ0n) is 10.6. The van der Waals surface area contributed by atoms with Crippen molar-refractivity contribution in [2.24, 2.45) is 0 Å². The number of aryl methyl sites for hydroxylation is 1. The summed E-state index contributed by atoms with van der Waals surface area (Å²) in [4.78, 5) is 4.53. The van der Waals surface area contributed by atoms with Gasteiger partial charge in [0.2, 0.25) is 0 Å². The Morgan fingerprint density at radius 1 is 1.47 bits per heavy atom. The van der Waals surface area contributed by atoms with Crippen LogP contribution >= 0.6 is 34.2 Å². The van der Waals surface area contributed by atoms with E-state index in [0.717, 1.165) is 16.9 Å². The van der Waals surface area contributed by atoms with Gasteiger partial charge in [0.15, 0.2) is 0 Å². The second-order valence-corrected chi connectivity index (χ2v) is 5.61. The number of alkyl halides is 1. The van der Waals surface area contributed by atoms with Crippen molar-refractivity contribution in [1.29, 1.82) is 0 Å². The van der Waals surface area contributed by atoms with Crippen LogP contribution in [-0.4, -0.2) is 28.6 Å². The van der Waals surface area contributed by atoms with Crippen LogP contribution in [0.1, 0.15) is 12.7 Å². The maximum atomic E-state index is 13.7. The summed E-state index contributed by atoms with van der Waals surface area (Å²) >= 11 is 7.77. The number of ether oxygens (including phenoxy) is 1. The Kier molecular flexibility index (Phi) is 5.41. The van der Waals surface area contributed by atoms with Gasteiger partial charge in [-0.1, -0.05) is 0 Å². The van der Waals surface area contributed by atoms with Crippen LogP contribution in [0.2, 0.25) is 0 Å². The first-order chi connectivity index (χ1) is 9.17. The molecular weight excluding hydrogens is 382 g/mol. The number of rotatable bonds is 6. The highest BCUT2D eigenvalue weighted by Crippen LogP contribution is 2.22. The van der Waals surface area contributed by atoms with E-state index in [1.807, 2.05) is 34.1 Å². The Balaban J connectivity index is 2.43. The molecule has 0 aliphatic carbocycles. The zero-order valence-corrected chi connectivity index (χ0v) is 13.5. The molecule has 104 valence electrons. The standard InChI is InChI=1S/C13H15ClFIN2O/c1-2-19-6-5-18-12-7-9(15)10(16)8-11(12)17-13(18)3-4-14/h7-8H,2-6H2,1H3. The van der Waals surface area contributed by atoms with Crippen molar-refractivity contribution in [3.8, 4) is 0 Å². The summed E-state index contributed by atoms with van der Waals surface area (Å²) in [7, 11) is 0. The quantitative estimate of drug-likeness (QED) is 0.424. The molecule has 0 spiro atoms. The predicted molar refractivity (Wildman–Crippen MR) is 83.3 cm³/mol. The summed E-state index contributed by atoms with van der Waals surface area (Å²) in [5.74, 6) is 1.16. The highest BCUT2D eigenvalue weighted by atomic mass is 127. The summed E-state index contributed by atoms with van der Waals surface area (Å²) in [5, 5.41) is 0. The fraction of sp³-hybridized carbons (Fsp3) is 0.462. The third kappa shape index (κ3) is 3.38. The van der Waals surface area contributed by atoms with Crippen molar-refractivity contribution >= 4 is 45.2 Å². The molecule has 19 heavy (non-hydrogen) atoms. The monoisotopic (exact) mass is 396 g/mol. The average molecular weight is 397 g/mol. The lowest BCUT2D eigenvalue weighted by atomic mass is 10.3. The molecule has 0 atom stereocenters. The van der Waals surface area contributed by atoms with Crippen LogP contribution in [0.15, 0.2) is 12.1 Å². The van der Waals surface area contributed by atoms with Gasteiger partial charge in [-0.2, -0.15) is 0 Å². The van der Waals surface area contributed by atoms with Crippen LogP contribution in [-0.2, 0) is 17.7 Å². The SMILES string of the molecule is CCOCCn1c(CCCl)nc2cc(I)c(F)cc21.